The van der Waals surface area contributed by atoms with Gasteiger partial charge in [0.2, 0.25) is 0 Å². The predicted octanol–water partition coefficient (Wildman–Crippen LogP) is 2.26. The lowest BCUT2D eigenvalue weighted by molar-refractivity contribution is 0.0921. The monoisotopic (exact) mass is 259 g/mol. The lowest BCUT2D eigenvalue weighted by atomic mass is 10.1. The SMILES string of the molecule is CCc1ccc(C(=O)NCc2ccc(CO)cc2)o1. The molecular formula is C15H17NO3. The van der Waals surface area contributed by atoms with Crippen molar-refractivity contribution in [1.29, 1.82) is 0 Å². The number of carbonyl (C=O) groups is 1. The van der Waals surface area contributed by atoms with E-state index in [-0.39, 0.29) is 12.5 Å². The average molecular weight is 259 g/mol. The van der Waals surface area contributed by atoms with Gasteiger partial charge in [-0.25, -0.2) is 0 Å². The van der Waals surface area contributed by atoms with Gasteiger partial charge in [0, 0.05) is 13.0 Å². The summed E-state index contributed by atoms with van der Waals surface area (Å²) in [6.45, 7) is 2.44. The van der Waals surface area contributed by atoms with Crippen LogP contribution in [0.2, 0.25) is 0 Å². The first-order chi connectivity index (χ1) is 9.22. The largest absolute Gasteiger partial charge is 0.456 e. The van der Waals surface area contributed by atoms with E-state index in [9.17, 15) is 4.79 Å². The maximum atomic E-state index is 11.8. The Bertz CT molecular complexity index is 543. The molecule has 1 heterocycles. The molecule has 100 valence electrons. The summed E-state index contributed by atoms with van der Waals surface area (Å²) in [7, 11) is 0. The van der Waals surface area contributed by atoms with Crippen molar-refractivity contribution >= 4 is 5.91 Å². The summed E-state index contributed by atoms with van der Waals surface area (Å²) < 4.78 is 5.37. The first kappa shape index (κ1) is 13.4. The molecule has 2 N–H and O–H groups in total. The molecule has 0 fully saturated rings. The Hall–Kier alpha value is -2.07. The zero-order valence-corrected chi connectivity index (χ0v) is 10.8. The maximum Gasteiger partial charge on any atom is 0.287 e. The summed E-state index contributed by atoms with van der Waals surface area (Å²) in [4.78, 5) is 11.8. The number of carbonyl (C=O) groups excluding carboxylic acids is 1. The van der Waals surface area contributed by atoms with Crippen LogP contribution in [0.5, 0.6) is 0 Å². The Balaban J connectivity index is 1.92. The summed E-state index contributed by atoms with van der Waals surface area (Å²) in [6.07, 6.45) is 0.774. The molecule has 4 nitrogen and oxygen atoms in total. The van der Waals surface area contributed by atoms with E-state index in [2.05, 4.69) is 5.32 Å². The highest BCUT2D eigenvalue weighted by Crippen LogP contribution is 2.09. The minimum absolute atomic E-state index is 0.0266. The Morgan fingerprint density at radius 2 is 1.84 bits per heavy atom. The van der Waals surface area contributed by atoms with Gasteiger partial charge >= 0.3 is 0 Å². The van der Waals surface area contributed by atoms with Crippen LogP contribution in [0, 0.1) is 0 Å². The Morgan fingerprint density at radius 3 is 2.42 bits per heavy atom. The first-order valence-corrected chi connectivity index (χ1v) is 6.28. The third-order valence-electron chi connectivity index (χ3n) is 2.89. The van der Waals surface area contributed by atoms with Crippen LogP contribution in [0.25, 0.3) is 0 Å². The normalized spacial score (nSPS) is 10.4. The number of amides is 1. The lowest BCUT2D eigenvalue weighted by Gasteiger charge is -2.04. The predicted molar refractivity (Wildman–Crippen MR) is 71.6 cm³/mol. The second kappa shape index (κ2) is 6.20. The minimum Gasteiger partial charge on any atom is -0.456 e. The van der Waals surface area contributed by atoms with Crippen molar-refractivity contribution in [3.8, 4) is 0 Å². The molecule has 0 aliphatic rings. The van der Waals surface area contributed by atoms with Crippen LogP contribution >= 0.6 is 0 Å². The molecule has 1 aromatic heterocycles. The summed E-state index contributed by atoms with van der Waals surface area (Å²) in [5, 5.41) is 11.7. The molecule has 19 heavy (non-hydrogen) atoms. The first-order valence-electron chi connectivity index (χ1n) is 6.28. The molecule has 0 spiro atoms. The van der Waals surface area contributed by atoms with Gasteiger partial charge in [0.1, 0.15) is 5.76 Å². The van der Waals surface area contributed by atoms with Crippen LogP contribution in [0.15, 0.2) is 40.8 Å². The topological polar surface area (TPSA) is 62.5 Å². The number of furan rings is 1. The maximum absolute atomic E-state index is 11.8. The van der Waals surface area contributed by atoms with Crippen molar-refractivity contribution in [2.75, 3.05) is 0 Å². The molecule has 0 saturated carbocycles. The van der Waals surface area contributed by atoms with E-state index < -0.39 is 0 Å². The van der Waals surface area contributed by atoms with Crippen molar-refractivity contribution in [2.45, 2.75) is 26.5 Å². The highest BCUT2D eigenvalue weighted by Gasteiger charge is 2.09. The van der Waals surface area contributed by atoms with Gasteiger partial charge in [-0.3, -0.25) is 4.79 Å². The lowest BCUT2D eigenvalue weighted by Crippen LogP contribution is -2.22. The van der Waals surface area contributed by atoms with Gasteiger partial charge in [-0.15, -0.1) is 0 Å². The Kier molecular flexibility index (Phi) is 4.36. The molecule has 2 rings (SSSR count). The molecular weight excluding hydrogens is 242 g/mol. The number of aryl methyl sites for hydroxylation is 1. The standard InChI is InChI=1S/C15H17NO3/c1-2-13-7-8-14(19-13)15(18)16-9-11-3-5-12(10-17)6-4-11/h3-8,17H,2,9-10H2,1H3,(H,16,18). The van der Waals surface area contributed by atoms with Crippen molar-refractivity contribution in [3.63, 3.8) is 0 Å². The van der Waals surface area contributed by atoms with Crippen molar-refractivity contribution in [3.05, 3.63) is 59.0 Å². The van der Waals surface area contributed by atoms with Crippen LogP contribution in [-0.2, 0) is 19.6 Å². The van der Waals surface area contributed by atoms with E-state index in [1.54, 1.807) is 6.07 Å². The van der Waals surface area contributed by atoms with E-state index in [0.717, 1.165) is 23.3 Å². The molecule has 0 unspecified atom stereocenters. The van der Waals surface area contributed by atoms with Gasteiger partial charge < -0.3 is 14.8 Å². The quantitative estimate of drug-likeness (QED) is 0.865. The molecule has 0 saturated heterocycles. The second-order valence-electron chi connectivity index (χ2n) is 4.28. The van der Waals surface area contributed by atoms with Gasteiger partial charge in [0.05, 0.1) is 6.61 Å². The van der Waals surface area contributed by atoms with Crippen molar-refractivity contribution in [1.82, 2.24) is 5.32 Å². The van der Waals surface area contributed by atoms with E-state index >= 15 is 0 Å². The average Bonchev–Trinajstić information content (AvgIpc) is 2.94. The Morgan fingerprint density at radius 1 is 1.16 bits per heavy atom. The molecule has 0 radical (unpaired) electrons. The van der Waals surface area contributed by atoms with Gasteiger partial charge in [0.15, 0.2) is 5.76 Å². The van der Waals surface area contributed by atoms with Gasteiger partial charge in [-0.05, 0) is 23.3 Å². The van der Waals surface area contributed by atoms with Gasteiger partial charge in [-0.2, -0.15) is 0 Å². The number of benzene rings is 1. The third-order valence-corrected chi connectivity index (χ3v) is 2.89. The molecule has 0 atom stereocenters. The smallest absolute Gasteiger partial charge is 0.287 e. The van der Waals surface area contributed by atoms with E-state index in [0.29, 0.717) is 12.3 Å². The van der Waals surface area contributed by atoms with Crippen LogP contribution in [0.3, 0.4) is 0 Å². The van der Waals surface area contributed by atoms with Crippen LogP contribution < -0.4 is 5.32 Å². The molecule has 0 aliphatic carbocycles. The highest BCUT2D eigenvalue weighted by atomic mass is 16.3. The van der Waals surface area contributed by atoms with Crippen LogP contribution in [-0.4, -0.2) is 11.0 Å². The molecule has 2 aromatic rings. The number of nitrogens with one attached hydrogen (secondary N) is 1. The van der Waals surface area contributed by atoms with Crippen molar-refractivity contribution in [2.24, 2.45) is 0 Å². The summed E-state index contributed by atoms with van der Waals surface area (Å²) >= 11 is 0. The van der Waals surface area contributed by atoms with E-state index in [1.165, 1.54) is 0 Å². The number of hydrogen-bond acceptors (Lipinski definition) is 3. The fourth-order valence-corrected chi connectivity index (χ4v) is 1.72. The molecule has 1 aromatic carbocycles. The summed E-state index contributed by atoms with van der Waals surface area (Å²) in [5.41, 5.74) is 1.83. The number of rotatable bonds is 5. The number of aliphatic hydroxyl groups excluding tert-OH is 1. The molecule has 1 amide bonds. The van der Waals surface area contributed by atoms with Gasteiger partial charge in [0.25, 0.3) is 5.91 Å². The fourth-order valence-electron chi connectivity index (χ4n) is 1.72. The molecule has 0 aliphatic heterocycles. The summed E-state index contributed by atoms with van der Waals surface area (Å²) in [5.74, 6) is 0.923. The Labute approximate surface area is 112 Å². The van der Waals surface area contributed by atoms with Crippen LogP contribution in [0.4, 0.5) is 0 Å². The zero-order chi connectivity index (χ0) is 13.7. The summed E-state index contributed by atoms with van der Waals surface area (Å²) in [6, 6.07) is 10.9. The second-order valence-corrected chi connectivity index (χ2v) is 4.28. The van der Waals surface area contributed by atoms with Gasteiger partial charge in [-0.1, -0.05) is 31.2 Å². The van der Waals surface area contributed by atoms with Crippen molar-refractivity contribution < 1.29 is 14.3 Å². The van der Waals surface area contributed by atoms with E-state index in [1.807, 2.05) is 37.3 Å². The number of hydrogen-bond donors (Lipinski definition) is 2. The van der Waals surface area contributed by atoms with E-state index in [4.69, 9.17) is 9.52 Å². The highest BCUT2D eigenvalue weighted by molar-refractivity contribution is 5.91. The zero-order valence-electron chi connectivity index (χ0n) is 10.8. The minimum atomic E-state index is -0.217. The molecule has 0 bridgehead atoms. The fraction of sp³-hybridized carbons (Fsp3) is 0.267. The number of aliphatic hydroxyl groups is 1. The van der Waals surface area contributed by atoms with Crippen LogP contribution in [0.1, 0.15) is 34.4 Å². The molecule has 4 heteroatoms. The third kappa shape index (κ3) is 3.45.